The summed E-state index contributed by atoms with van der Waals surface area (Å²) >= 11 is 0. The molecular formula is C34H51N4O9P. The quantitative estimate of drug-likeness (QED) is 0.0831. The summed E-state index contributed by atoms with van der Waals surface area (Å²) < 4.78 is 26.0. The molecule has 0 spiro atoms. The van der Waals surface area contributed by atoms with Crippen LogP contribution in [0.2, 0.25) is 0 Å². The van der Waals surface area contributed by atoms with Gasteiger partial charge in [-0.2, -0.15) is 0 Å². The number of urea groups is 1. The molecule has 0 saturated carbocycles. The number of esters is 1. The molecule has 1 saturated heterocycles. The summed E-state index contributed by atoms with van der Waals surface area (Å²) in [6.45, 7) is 13.5. The van der Waals surface area contributed by atoms with Crippen molar-refractivity contribution in [1.82, 2.24) is 4.90 Å². The molecule has 1 aliphatic rings. The van der Waals surface area contributed by atoms with Gasteiger partial charge in [0.2, 0.25) is 6.79 Å². The van der Waals surface area contributed by atoms with Crippen LogP contribution < -0.4 is 15.5 Å². The van der Waals surface area contributed by atoms with Crippen LogP contribution in [0.5, 0.6) is 0 Å². The monoisotopic (exact) mass is 690 g/mol. The van der Waals surface area contributed by atoms with Crippen LogP contribution in [0, 0.1) is 18.8 Å². The standard InChI is InChI=1S/C34H51N4O9P/c1-7-26(18-32(39)45-22-46-34(41)38-16-8-9-29(38)21-47-48(42,43)44)27-12-15-31(37(19-23(2)3)20-24(4)5)30(17-27)36-33(40)35-28-13-10-25(6)11-14-28/h10-15,17,23-24,26,29H,7-9,16,18-22H2,1-6H3,(H2,35,36,40)(H2,42,43,44). The molecule has 2 atom stereocenters. The summed E-state index contributed by atoms with van der Waals surface area (Å²) in [5, 5.41) is 5.94. The lowest BCUT2D eigenvalue weighted by molar-refractivity contribution is -0.153. The van der Waals surface area contributed by atoms with E-state index >= 15 is 0 Å². The largest absolute Gasteiger partial charge is 0.469 e. The van der Waals surface area contributed by atoms with Crippen molar-refractivity contribution in [3.63, 3.8) is 0 Å². The second kappa shape index (κ2) is 18.2. The molecule has 0 radical (unpaired) electrons. The number of hydrogen-bond donors (Lipinski definition) is 4. The molecule has 1 heterocycles. The van der Waals surface area contributed by atoms with Gasteiger partial charge in [0.1, 0.15) is 0 Å². The van der Waals surface area contributed by atoms with Gasteiger partial charge in [-0.15, -0.1) is 0 Å². The summed E-state index contributed by atoms with van der Waals surface area (Å²) in [5.74, 6) is -0.0302. The van der Waals surface area contributed by atoms with Crippen LogP contribution in [0.3, 0.4) is 0 Å². The highest BCUT2D eigenvalue weighted by molar-refractivity contribution is 7.46. The number of likely N-dealkylation sites (tertiary alicyclic amines) is 1. The zero-order valence-corrected chi connectivity index (χ0v) is 29.7. The number of benzene rings is 2. The van der Waals surface area contributed by atoms with Crippen molar-refractivity contribution in [1.29, 1.82) is 0 Å². The Labute approximate surface area is 283 Å². The van der Waals surface area contributed by atoms with E-state index in [1.165, 1.54) is 4.90 Å². The normalized spacial score (nSPS) is 15.4. The Morgan fingerprint density at radius 1 is 1.00 bits per heavy atom. The Hall–Kier alpha value is -3.64. The van der Waals surface area contributed by atoms with E-state index in [2.05, 4.69) is 47.8 Å². The fourth-order valence-corrected chi connectivity index (χ4v) is 6.04. The minimum absolute atomic E-state index is 0.0204. The van der Waals surface area contributed by atoms with Crippen LogP contribution in [-0.4, -0.2) is 71.9 Å². The molecule has 3 amide bonds. The summed E-state index contributed by atoms with van der Waals surface area (Å²) in [6, 6.07) is 12.5. The predicted octanol–water partition coefficient (Wildman–Crippen LogP) is 6.85. The van der Waals surface area contributed by atoms with Crippen LogP contribution in [0.25, 0.3) is 0 Å². The van der Waals surface area contributed by atoms with Crippen LogP contribution in [0.4, 0.5) is 26.7 Å². The maximum Gasteiger partial charge on any atom is 0.469 e. The third-order valence-corrected chi connectivity index (χ3v) is 8.40. The first-order valence-corrected chi connectivity index (χ1v) is 18.0. The Bertz CT molecular complexity index is 1400. The van der Waals surface area contributed by atoms with E-state index in [-0.39, 0.29) is 25.0 Å². The van der Waals surface area contributed by atoms with Gasteiger partial charge in [-0.1, -0.05) is 58.4 Å². The van der Waals surface area contributed by atoms with E-state index in [1.807, 2.05) is 56.3 Å². The maximum absolute atomic E-state index is 13.2. The van der Waals surface area contributed by atoms with E-state index in [1.54, 1.807) is 0 Å². The van der Waals surface area contributed by atoms with E-state index in [4.69, 9.17) is 19.3 Å². The number of carbonyl (C=O) groups is 3. The smallest absolute Gasteiger partial charge is 0.428 e. The van der Waals surface area contributed by atoms with E-state index in [9.17, 15) is 18.9 Å². The minimum atomic E-state index is -4.67. The van der Waals surface area contributed by atoms with Crippen molar-refractivity contribution >= 4 is 43.0 Å². The molecule has 0 aliphatic carbocycles. The average Bonchev–Trinajstić information content (AvgIpc) is 3.48. The second-order valence-electron chi connectivity index (χ2n) is 13.0. The van der Waals surface area contributed by atoms with Gasteiger partial charge in [0.05, 0.1) is 30.4 Å². The predicted molar refractivity (Wildman–Crippen MR) is 185 cm³/mol. The molecule has 3 rings (SSSR count). The topological polar surface area (TPSA) is 167 Å². The summed E-state index contributed by atoms with van der Waals surface area (Å²) in [5.41, 5.74) is 4.11. The number of nitrogens with zero attached hydrogens (tertiary/aromatic N) is 2. The molecule has 2 aromatic rings. The molecule has 48 heavy (non-hydrogen) atoms. The second-order valence-corrected chi connectivity index (χ2v) is 14.3. The number of hydrogen-bond acceptors (Lipinski definition) is 8. The van der Waals surface area contributed by atoms with Gasteiger partial charge in [-0.25, -0.2) is 14.2 Å². The highest BCUT2D eigenvalue weighted by Crippen LogP contribution is 2.37. The average molecular weight is 691 g/mol. The first kappa shape index (κ1) is 38.8. The first-order valence-electron chi connectivity index (χ1n) is 16.5. The highest BCUT2D eigenvalue weighted by Gasteiger charge is 2.32. The molecule has 1 aliphatic heterocycles. The molecule has 266 valence electrons. The molecular weight excluding hydrogens is 639 g/mol. The van der Waals surface area contributed by atoms with Crippen molar-refractivity contribution in [3.05, 3.63) is 53.6 Å². The number of nitrogens with one attached hydrogen (secondary N) is 2. The SMILES string of the molecule is CCC(CC(=O)OCOC(=O)N1CCCC1COP(=O)(O)O)c1ccc(N(CC(C)C)CC(C)C)c(NC(=O)Nc2ccc(C)cc2)c1. The first-order chi connectivity index (χ1) is 22.6. The molecule has 1 fully saturated rings. The van der Waals surface area contributed by atoms with Gasteiger partial charge in [0.25, 0.3) is 0 Å². The highest BCUT2D eigenvalue weighted by atomic mass is 31.2. The van der Waals surface area contributed by atoms with Crippen molar-refractivity contribution < 1.29 is 42.7 Å². The molecule has 0 bridgehead atoms. The van der Waals surface area contributed by atoms with Gasteiger partial charge in [-0.3, -0.25) is 9.32 Å². The van der Waals surface area contributed by atoms with Crippen molar-refractivity contribution in [2.75, 3.05) is 48.6 Å². The van der Waals surface area contributed by atoms with Crippen LogP contribution >= 0.6 is 7.82 Å². The number of phosphoric acid groups is 1. The number of carbonyl (C=O) groups excluding carboxylic acids is 3. The number of aryl methyl sites for hydroxylation is 1. The molecule has 2 aromatic carbocycles. The molecule has 2 unspecified atom stereocenters. The minimum Gasteiger partial charge on any atom is -0.428 e. The van der Waals surface area contributed by atoms with E-state index < -0.39 is 32.7 Å². The zero-order valence-electron chi connectivity index (χ0n) is 28.8. The van der Waals surface area contributed by atoms with Gasteiger partial charge >= 0.3 is 25.9 Å². The molecule has 13 nitrogen and oxygen atoms in total. The zero-order chi connectivity index (χ0) is 35.4. The molecule has 4 N–H and O–H groups in total. The fourth-order valence-electron chi connectivity index (χ4n) is 5.68. The fraction of sp³-hybridized carbons (Fsp3) is 0.559. The number of anilines is 3. The number of ether oxygens (including phenoxy) is 2. The Balaban J connectivity index is 1.70. The summed E-state index contributed by atoms with van der Waals surface area (Å²) in [7, 11) is -4.67. The third kappa shape index (κ3) is 12.8. The number of rotatable bonds is 16. The summed E-state index contributed by atoms with van der Waals surface area (Å²) in [6.07, 6.45) is 1.00. The van der Waals surface area contributed by atoms with Gasteiger partial charge in [-0.05, 0) is 73.8 Å². The van der Waals surface area contributed by atoms with E-state index in [0.29, 0.717) is 49.0 Å². The number of phosphoric ester groups is 1. The number of amides is 3. The Kier molecular flexibility index (Phi) is 14.7. The lowest BCUT2D eigenvalue weighted by Gasteiger charge is -2.31. The molecule has 0 aromatic heterocycles. The maximum atomic E-state index is 13.2. The summed E-state index contributed by atoms with van der Waals surface area (Å²) in [4.78, 5) is 60.1. The Morgan fingerprint density at radius 3 is 2.27 bits per heavy atom. The van der Waals surface area contributed by atoms with E-state index in [0.717, 1.165) is 29.9 Å². The Morgan fingerprint density at radius 2 is 1.67 bits per heavy atom. The van der Waals surface area contributed by atoms with Crippen molar-refractivity contribution in [3.8, 4) is 0 Å². The lowest BCUT2D eigenvalue weighted by atomic mass is 9.92. The lowest BCUT2D eigenvalue weighted by Crippen LogP contribution is -2.38. The van der Waals surface area contributed by atoms with Gasteiger partial charge < -0.3 is 39.7 Å². The van der Waals surface area contributed by atoms with Gasteiger partial charge in [0.15, 0.2) is 0 Å². The van der Waals surface area contributed by atoms with Gasteiger partial charge in [0, 0.05) is 25.3 Å². The van der Waals surface area contributed by atoms with Crippen molar-refractivity contribution in [2.45, 2.75) is 79.2 Å². The third-order valence-electron chi connectivity index (χ3n) is 7.92. The van der Waals surface area contributed by atoms with Crippen LogP contribution in [0.1, 0.15) is 77.3 Å². The van der Waals surface area contributed by atoms with Crippen LogP contribution in [0.15, 0.2) is 42.5 Å². The van der Waals surface area contributed by atoms with Crippen LogP contribution in [-0.2, 0) is 23.4 Å². The van der Waals surface area contributed by atoms with Crippen molar-refractivity contribution in [2.24, 2.45) is 11.8 Å². The molecule has 14 heteroatoms.